The van der Waals surface area contributed by atoms with Gasteiger partial charge in [0.1, 0.15) is 6.04 Å². The van der Waals surface area contributed by atoms with Gasteiger partial charge >= 0.3 is 5.97 Å². The molecule has 0 saturated carbocycles. The minimum atomic E-state index is -0.634. The fraction of sp³-hybridized carbons (Fsp3) is 0.524. The molecule has 0 fully saturated rings. The zero-order chi connectivity index (χ0) is 19.3. The van der Waals surface area contributed by atoms with Gasteiger partial charge in [0.05, 0.1) is 18.6 Å². The van der Waals surface area contributed by atoms with Crippen molar-refractivity contribution < 1.29 is 19.1 Å². The summed E-state index contributed by atoms with van der Waals surface area (Å²) >= 11 is 0. The van der Waals surface area contributed by atoms with Crippen molar-refractivity contribution in [1.82, 2.24) is 5.32 Å². The lowest BCUT2D eigenvalue weighted by molar-refractivity contribution is -0.148. The van der Waals surface area contributed by atoms with E-state index >= 15 is 0 Å². The molecule has 1 aliphatic rings. The molecular formula is C21H29NO4. The van der Waals surface area contributed by atoms with Crippen molar-refractivity contribution in [2.24, 2.45) is 5.92 Å². The minimum Gasteiger partial charge on any atom is -0.464 e. The number of rotatable bonds is 7. The monoisotopic (exact) mass is 359 g/mol. The number of hydrogen-bond acceptors (Lipinski definition) is 4. The fourth-order valence-corrected chi connectivity index (χ4v) is 3.03. The molecule has 5 heteroatoms. The first-order valence-corrected chi connectivity index (χ1v) is 9.19. The number of ether oxygens (including phenoxy) is 2. The van der Waals surface area contributed by atoms with Gasteiger partial charge < -0.3 is 14.8 Å². The van der Waals surface area contributed by atoms with Crippen LogP contribution in [0.2, 0.25) is 0 Å². The second-order valence-electron chi connectivity index (χ2n) is 6.97. The molecule has 0 saturated heterocycles. The smallest absolute Gasteiger partial charge is 0.328 e. The molecule has 2 rings (SSSR count). The Morgan fingerprint density at radius 3 is 2.58 bits per heavy atom. The van der Waals surface area contributed by atoms with E-state index in [1.54, 1.807) is 14.0 Å². The van der Waals surface area contributed by atoms with Crippen molar-refractivity contribution in [3.63, 3.8) is 0 Å². The summed E-state index contributed by atoms with van der Waals surface area (Å²) in [7, 11) is 1.70. The normalized spacial score (nSPS) is 18.2. The molecule has 1 N–H and O–H groups in total. The van der Waals surface area contributed by atoms with Gasteiger partial charge in [-0.05, 0) is 48.3 Å². The highest BCUT2D eigenvalue weighted by molar-refractivity contribution is 5.88. The second kappa shape index (κ2) is 8.99. The number of amides is 1. The summed E-state index contributed by atoms with van der Waals surface area (Å²) in [5.41, 5.74) is 0.924. The second-order valence-corrected chi connectivity index (χ2v) is 6.97. The van der Waals surface area contributed by atoms with E-state index in [1.807, 2.05) is 39.0 Å². The molecule has 0 heterocycles. The van der Waals surface area contributed by atoms with Crippen LogP contribution in [0, 0.1) is 5.92 Å². The summed E-state index contributed by atoms with van der Waals surface area (Å²) < 4.78 is 10.4. The quantitative estimate of drug-likeness (QED) is 0.749. The van der Waals surface area contributed by atoms with Crippen LogP contribution in [0.1, 0.15) is 45.6 Å². The molecule has 142 valence electrons. The standard InChI is InChI=1S/C21H29NO4/c1-6-26-21(24)19(13(2)3)22-20(23)14(4)15-7-8-17-12-18(25-5)10-9-16(17)11-15/h7-9,11-14,18-19H,6,10H2,1-5H3,(H,22,23). The maximum Gasteiger partial charge on any atom is 0.328 e. The van der Waals surface area contributed by atoms with Crippen LogP contribution in [0.3, 0.4) is 0 Å². The molecule has 1 aliphatic carbocycles. The lowest BCUT2D eigenvalue weighted by atomic mass is 9.95. The lowest BCUT2D eigenvalue weighted by Gasteiger charge is -2.23. The van der Waals surface area contributed by atoms with E-state index in [4.69, 9.17) is 9.47 Å². The Morgan fingerprint density at radius 2 is 1.96 bits per heavy atom. The molecule has 0 radical (unpaired) electrons. The molecule has 26 heavy (non-hydrogen) atoms. The summed E-state index contributed by atoms with van der Waals surface area (Å²) in [6.07, 6.45) is 5.16. The largest absolute Gasteiger partial charge is 0.464 e. The Hall–Kier alpha value is -2.14. The van der Waals surface area contributed by atoms with E-state index in [0.29, 0.717) is 6.61 Å². The first-order valence-electron chi connectivity index (χ1n) is 9.19. The number of methoxy groups -OCH3 is 1. The van der Waals surface area contributed by atoms with E-state index in [1.165, 1.54) is 0 Å². The minimum absolute atomic E-state index is 0.0392. The van der Waals surface area contributed by atoms with Crippen LogP contribution in [0.25, 0.3) is 12.2 Å². The molecule has 1 aromatic carbocycles. The summed E-state index contributed by atoms with van der Waals surface area (Å²) in [4.78, 5) is 24.7. The number of hydrogen-bond donors (Lipinski definition) is 1. The number of fused-ring (bicyclic) bond motifs is 1. The highest BCUT2D eigenvalue weighted by atomic mass is 16.5. The molecule has 3 atom stereocenters. The van der Waals surface area contributed by atoms with Crippen LogP contribution in [0.15, 0.2) is 18.2 Å². The van der Waals surface area contributed by atoms with Crippen LogP contribution in [0.5, 0.6) is 0 Å². The maximum atomic E-state index is 12.7. The Morgan fingerprint density at radius 1 is 1.23 bits per heavy atom. The van der Waals surface area contributed by atoms with E-state index in [9.17, 15) is 9.59 Å². The van der Waals surface area contributed by atoms with Crippen LogP contribution in [-0.4, -0.2) is 37.7 Å². The van der Waals surface area contributed by atoms with Gasteiger partial charge in [0.15, 0.2) is 0 Å². The van der Waals surface area contributed by atoms with Crippen molar-refractivity contribution in [3.05, 3.63) is 34.2 Å². The molecule has 0 spiro atoms. The topological polar surface area (TPSA) is 64.6 Å². The molecule has 5 nitrogen and oxygen atoms in total. The number of nitrogens with one attached hydrogen (secondary N) is 1. The Kier molecular flexibility index (Phi) is 6.98. The lowest BCUT2D eigenvalue weighted by Crippen LogP contribution is -2.46. The molecule has 0 bridgehead atoms. The number of carbonyl (C=O) groups excluding carboxylic acids is 2. The zero-order valence-electron chi connectivity index (χ0n) is 16.2. The molecule has 0 aliphatic heterocycles. The van der Waals surface area contributed by atoms with Gasteiger partial charge in [0, 0.05) is 7.11 Å². The van der Waals surface area contributed by atoms with E-state index in [-0.39, 0.29) is 29.8 Å². The fourth-order valence-electron chi connectivity index (χ4n) is 3.03. The third kappa shape index (κ3) is 4.73. The van der Waals surface area contributed by atoms with Gasteiger partial charge in [-0.25, -0.2) is 4.79 Å². The van der Waals surface area contributed by atoms with E-state index in [2.05, 4.69) is 17.5 Å². The van der Waals surface area contributed by atoms with Crippen molar-refractivity contribution in [3.8, 4) is 0 Å². The third-order valence-corrected chi connectivity index (χ3v) is 4.75. The van der Waals surface area contributed by atoms with Crippen molar-refractivity contribution in [2.75, 3.05) is 13.7 Å². The first-order chi connectivity index (χ1) is 12.4. The molecule has 1 aromatic rings. The summed E-state index contributed by atoms with van der Waals surface area (Å²) in [6, 6.07) is 5.38. The highest BCUT2D eigenvalue weighted by Gasteiger charge is 2.27. The van der Waals surface area contributed by atoms with Gasteiger partial charge in [-0.2, -0.15) is 0 Å². The Balaban J connectivity index is 2.17. The van der Waals surface area contributed by atoms with Crippen molar-refractivity contribution >= 4 is 24.0 Å². The van der Waals surface area contributed by atoms with Gasteiger partial charge in [-0.1, -0.05) is 38.1 Å². The molecule has 3 unspecified atom stereocenters. The Labute approximate surface area is 155 Å². The van der Waals surface area contributed by atoms with Gasteiger partial charge in [-0.3, -0.25) is 4.79 Å². The van der Waals surface area contributed by atoms with Crippen LogP contribution < -0.4 is 15.8 Å². The summed E-state index contributed by atoms with van der Waals surface area (Å²) in [5.74, 6) is -0.958. The highest BCUT2D eigenvalue weighted by Crippen LogP contribution is 2.15. The van der Waals surface area contributed by atoms with E-state index in [0.717, 1.165) is 22.4 Å². The number of esters is 1. The molecule has 1 amide bonds. The predicted molar refractivity (Wildman–Crippen MR) is 102 cm³/mol. The average Bonchev–Trinajstić information content (AvgIpc) is 2.64. The van der Waals surface area contributed by atoms with Crippen molar-refractivity contribution in [2.45, 2.75) is 52.2 Å². The van der Waals surface area contributed by atoms with Crippen molar-refractivity contribution in [1.29, 1.82) is 0 Å². The van der Waals surface area contributed by atoms with Gasteiger partial charge in [-0.15, -0.1) is 0 Å². The number of carbonyl (C=O) groups is 2. The van der Waals surface area contributed by atoms with Gasteiger partial charge in [0.25, 0.3) is 0 Å². The maximum absolute atomic E-state index is 12.7. The van der Waals surface area contributed by atoms with Crippen LogP contribution in [-0.2, 0) is 19.1 Å². The number of benzene rings is 1. The predicted octanol–water partition coefficient (Wildman–Crippen LogP) is 1.47. The SMILES string of the molecule is CCOC(=O)C(NC(=O)C(C)c1ccc2c(c1)=CCC(OC)C=2)C(C)C. The Bertz CT molecular complexity index is 769. The summed E-state index contributed by atoms with van der Waals surface area (Å²) in [6.45, 7) is 7.69. The van der Waals surface area contributed by atoms with Crippen LogP contribution in [0.4, 0.5) is 0 Å². The van der Waals surface area contributed by atoms with E-state index < -0.39 is 6.04 Å². The average molecular weight is 359 g/mol. The third-order valence-electron chi connectivity index (χ3n) is 4.75. The van der Waals surface area contributed by atoms with Crippen LogP contribution >= 0.6 is 0 Å². The zero-order valence-corrected chi connectivity index (χ0v) is 16.2. The molecule has 0 aromatic heterocycles. The summed E-state index contributed by atoms with van der Waals surface area (Å²) in [5, 5.41) is 5.07. The molecular weight excluding hydrogens is 330 g/mol. The first kappa shape index (κ1) is 20.2. The van der Waals surface area contributed by atoms with Gasteiger partial charge in [0.2, 0.25) is 5.91 Å².